The van der Waals surface area contributed by atoms with Crippen molar-refractivity contribution in [2.24, 2.45) is 0 Å². The molecule has 8 atom stereocenters. The topological polar surface area (TPSA) is 109 Å². The first-order valence-corrected chi connectivity index (χ1v) is 14.0. The van der Waals surface area contributed by atoms with E-state index in [-0.39, 0.29) is 24.4 Å². The number of aliphatic hydroxyl groups is 4. The number of hydrogen-bond acceptors (Lipinski definition) is 7. The third kappa shape index (κ3) is 7.87. The van der Waals surface area contributed by atoms with E-state index in [2.05, 4.69) is 13.8 Å². The second-order valence-electron chi connectivity index (χ2n) is 13.8. The van der Waals surface area contributed by atoms with Crippen molar-refractivity contribution in [1.82, 2.24) is 0 Å². The van der Waals surface area contributed by atoms with Crippen LogP contribution in [0.5, 0.6) is 0 Å². The van der Waals surface area contributed by atoms with Gasteiger partial charge < -0.3 is 34.6 Å². The highest BCUT2D eigenvalue weighted by Gasteiger charge is 2.55. The molecule has 0 spiro atoms. The van der Waals surface area contributed by atoms with Crippen molar-refractivity contribution >= 4 is 0 Å². The van der Waals surface area contributed by atoms with Gasteiger partial charge in [-0.15, -0.1) is 0 Å². The molecule has 0 aromatic carbocycles. The molecule has 3 heterocycles. The van der Waals surface area contributed by atoms with Crippen LogP contribution in [0.15, 0.2) is 24.3 Å². The van der Waals surface area contributed by atoms with E-state index in [0.29, 0.717) is 12.8 Å². The van der Waals surface area contributed by atoms with Crippen LogP contribution >= 0.6 is 0 Å². The van der Waals surface area contributed by atoms with E-state index in [1.54, 1.807) is 53.7 Å². The zero-order chi connectivity index (χ0) is 27.9. The highest BCUT2D eigenvalue weighted by molar-refractivity contribution is 5.07. The molecule has 7 heteroatoms. The zero-order valence-electron chi connectivity index (χ0n) is 24.3. The fourth-order valence-corrected chi connectivity index (χ4v) is 6.04. The van der Waals surface area contributed by atoms with E-state index in [1.165, 1.54) is 0 Å². The Kier molecular flexibility index (Phi) is 8.84. The Morgan fingerprint density at radius 1 is 0.649 bits per heavy atom. The molecule has 3 aliphatic heterocycles. The largest absolute Gasteiger partial charge is 0.387 e. The van der Waals surface area contributed by atoms with Crippen molar-refractivity contribution in [3.05, 3.63) is 24.3 Å². The Morgan fingerprint density at radius 2 is 1.00 bits per heavy atom. The molecule has 7 nitrogen and oxygen atoms in total. The molecule has 3 aliphatic rings. The molecule has 3 rings (SSSR count). The van der Waals surface area contributed by atoms with E-state index in [9.17, 15) is 20.4 Å². The van der Waals surface area contributed by atoms with Crippen molar-refractivity contribution in [1.29, 1.82) is 0 Å². The average Bonchev–Trinajstić information content (AvgIpc) is 3.45. The summed E-state index contributed by atoms with van der Waals surface area (Å²) in [5, 5.41) is 42.0. The van der Waals surface area contributed by atoms with Crippen molar-refractivity contribution in [2.45, 2.75) is 165 Å². The first-order valence-electron chi connectivity index (χ1n) is 14.0. The molecular weight excluding hydrogens is 472 g/mol. The highest BCUT2D eigenvalue weighted by atomic mass is 16.6. The minimum atomic E-state index is -1.03. The minimum absolute atomic E-state index is 0.0834. The second kappa shape index (κ2) is 10.6. The van der Waals surface area contributed by atoms with Crippen LogP contribution in [0.2, 0.25) is 0 Å². The molecule has 0 aromatic heterocycles. The second-order valence-corrected chi connectivity index (χ2v) is 13.8. The first-order chi connectivity index (χ1) is 16.7. The molecule has 0 aliphatic carbocycles. The monoisotopic (exact) mass is 524 g/mol. The van der Waals surface area contributed by atoms with Crippen LogP contribution in [0, 0.1) is 0 Å². The number of hydrogen-bond donors (Lipinski definition) is 4. The summed E-state index contributed by atoms with van der Waals surface area (Å²) in [6, 6.07) is 0. The average molecular weight is 525 g/mol. The lowest BCUT2D eigenvalue weighted by atomic mass is 9.89. The third-order valence-electron chi connectivity index (χ3n) is 8.51. The number of ether oxygens (including phenoxy) is 3. The van der Waals surface area contributed by atoms with E-state index >= 15 is 0 Å². The van der Waals surface area contributed by atoms with Crippen molar-refractivity contribution in [2.75, 3.05) is 0 Å². The predicted octanol–water partition coefficient (Wildman–Crippen LogP) is 4.35. The molecule has 0 aromatic rings. The van der Waals surface area contributed by atoms with Gasteiger partial charge in [-0.05, 0) is 107 Å². The summed E-state index contributed by atoms with van der Waals surface area (Å²) < 4.78 is 19.6. The van der Waals surface area contributed by atoms with Crippen LogP contribution < -0.4 is 0 Å². The van der Waals surface area contributed by atoms with Crippen LogP contribution in [0.3, 0.4) is 0 Å². The van der Waals surface area contributed by atoms with Crippen molar-refractivity contribution < 1.29 is 34.6 Å². The Morgan fingerprint density at radius 3 is 1.32 bits per heavy atom. The van der Waals surface area contributed by atoms with Crippen LogP contribution in [-0.2, 0) is 14.2 Å². The first kappa shape index (κ1) is 30.7. The zero-order valence-corrected chi connectivity index (χ0v) is 24.3. The highest BCUT2D eigenvalue weighted by Crippen LogP contribution is 2.48. The molecule has 0 bridgehead atoms. The van der Waals surface area contributed by atoms with E-state index in [4.69, 9.17) is 14.2 Å². The lowest BCUT2D eigenvalue weighted by molar-refractivity contribution is -0.198. The van der Waals surface area contributed by atoms with Gasteiger partial charge in [-0.1, -0.05) is 24.3 Å². The molecule has 3 saturated heterocycles. The van der Waals surface area contributed by atoms with Crippen LogP contribution in [0.1, 0.15) is 107 Å². The summed E-state index contributed by atoms with van der Waals surface area (Å²) in [4.78, 5) is 0. The lowest BCUT2D eigenvalue weighted by Crippen LogP contribution is -2.47. The molecule has 0 unspecified atom stereocenters. The standard InChI is InChI=1S/C30H52O7/c1-25(2,31)15-9-17-27(5,33)21-13-19-29(7,36-21)23-11-12-24(35-23)30(8)20-14-22(37-30)28(6,34)18-10-16-26(3,4)32/h9-10,15-16,21-24,31-34H,11-14,17-20H2,1-8H3/b15-9+,16-10+/t21-,22-,23-,24-,27+,28+,29+,30+/m0/s1. The molecule has 214 valence electrons. The molecule has 37 heavy (non-hydrogen) atoms. The fourth-order valence-electron chi connectivity index (χ4n) is 6.04. The Balaban J connectivity index is 1.57. The predicted molar refractivity (Wildman–Crippen MR) is 144 cm³/mol. The van der Waals surface area contributed by atoms with Crippen molar-refractivity contribution in [3.63, 3.8) is 0 Å². The molecule has 4 N–H and O–H groups in total. The summed E-state index contributed by atoms with van der Waals surface area (Å²) in [5.74, 6) is 0. The normalized spacial score (nSPS) is 39.0. The maximum atomic E-state index is 11.1. The van der Waals surface area contributed by atoms with Crippen LogP contribution in [0.4, 0.5) is 0 Å². The summed E-state index contributed by atoms with van der Waals surface area (Å²) in [7, 11) is 0. The van der Waals surface area contributed by atoms with Gasteiger partial charge in [-0.2, -0.15) is 0 Å². The maximum Gasteiger partial charge on any atom is 0.0921 e. The van der Waals surface area contributed by atoms with Gasteiger partial charge in [0, 0.05) is 0 Å². The summed E-state index contributed by atoms with van der Waals surface area (Å²) in [6.45, 7) is 14.6. The summed E-state index contributed by atoms with van der Waals surface area (Å²) in [6.07, 6.45) is 11.9. The Bertz CT molecular complexity index is 766. The maximum absolute atomic E-state index is 11.1. The minimum Gasteiger partial charge on any atom is -0.387 e. The number of rotatable bonds is 10. The Hall–Kier alpha value is -0.800. The quantitative estimate of drug-likeness (QED) is 0.315. The SMILES string of the molecule is CC(C)(O)/C=C/C[C@@](C)(O)[C@@H]1CC[C@](C)([C@@H]2CC[C@@H]([C@@]3(C)CC[C@@H]([C@](C)(O)C/C=C/C(C)(C)O)O3)O2)O1. The van der Waals surface area contributed by atoms with E-state index in [0.717, 1.165) is 38.5 Å². The summed E-state index contributed by atoms with van der Waals surface area (Å²) in [5.41, 5.74) is -4.85. The Labute approximate surface area is 223 Å². The third-order valence-corrected chi connectivity index (χ3v) is 8.51. The smallest absolute Gasteiger partial charge is 0.0921 e. The van der Waals surface area contributed by atoms with Gasteiger partial charge in [-0.3, -0.25) is 0 Å². The van der Waals surface area contributed by atoms with Gasteiger partial charge in [0.1, 0.15) is 0 Å². The van der Waals surface area contributed by atoms with Crippen LogP contribution in [-0.4, -0.2) is 78.4 Å². The lowest BCUT2D eigenvalue weighted by Gasteiger charge is -2.38. The van der Waals surface area contributed by atoms with Crippen molar-refractivity contribution in [3.8, 4) is 0 Å². The summed E-state index contributed by atoms with van der Waals surface area (Å²) >= 11 is 0. The van der Waals surface area contributed by atoms with Crippen LogP contribution in [0.25, 0.3) is 0 Å². The molecule has 0 radical (unpaired) electrons. The molecule has 3 fully saturated rings. The van der Waals surface area contributed by atoms with E-state index < -0.39 is 33.6 Å². The van der Waals surface area contributed by atoms with Gasteiger partial charge in [0.05, 0.1) is 58.0 Å². The van der Waals surface area contributed by atoms with Gasteiger partial charge in [-0.25, -0.2) is 0 Å². The molecular formula is C30H52O7. The van der Waals surface area contributed by atoms with Gasteiger partial charge in [0.25, 0.3) is 0 Å². The van der Waals surface area contributed by atoms with Gasteiger partial charge in [0.15, 0.2) is 0 Å². The molecule has 0 saturated carbocycles. The fraction of sp³-hybridized carbons (Fsp3) is 0.867. The van der Waals surface area contributed by atoms with E-state index in [1.807, 2.05) is 12.2 Å². The van der Waals surface area contributed by atoms with Gasteiger partial charge in [0.2, 0.25) is 0 Å². The molecule has 0 amide bonds. The van der Waals surface area contributed by atoms with Gasteiger partial charge >= 0.3 is 0 Å².